The van der Waals surface area contributed by atoms with Gasteiger partial charge in [-0.25, -0.2) is 9.78 Å². The van der Waals surface area contributed by atoms with E-state index in [0.717, 1.165) is 12.1 Å². The Balaban J connectivity index is 2.22. The topological polar surface area (TPSA) is 80.7 Å². The zero-order chi connectivity index (χ0) is 14.8. The van der Waals surface area contributed by atoms with E-state index in [1.807, 2.05) is 6.92 Å². The number of nitrogens with one attached hydrogen (secondary N) is 1. The van der Waals surface area contributed by atoms with Gasteiger partial charge in [0.1, 0.15) is 17.0 Å². The van der Waals surface area contributed by atoms with Crippen LogP contribution in [0, 0.1) is 13.8 Å². The van der Waals surface area contributed by atoms with E-state index >= 15 is 0 Å². The van der Waals surface area contributed by atoms with Crippen molar-refractivity contribution in [2.45, 2.75) is 25.9 Å². The van der Waals surface area contributed by atoms with Crippen molar-refractivity contribution < 1.29 is 19.4 Å². The fourth-order valence-electron chi connectivity index (χ4n) is 2.44. The lowest BCUT2D eigenvalue weighted by atomic mass is 10.0. The van der Waals surface area contributed by atoms with Gasteiger partial charge in [-0.2, -0.15) is 0 Å². The van der Waals surface area contributed by atoms with E-state index in [1.165, 1.54) is 0 Å². The van der Waals surface area contributed by atoms with Gasteiger partial charge in [0.15, 0.2) is 0 Å². The maximum absolute atomic E-state index is 11.4. The Morgan fingerprint density at radius 2 is 2.35 bits per heavy atom. The molecule has 110 valence electrons. The molecule has 2 heterocycles. The highest BCUT2D eigenvalue weighted by atomic mass is 16.5. The minimum absolute atomic E-state index is 0.209. The smallest absolute Gasteiger partial charge is 0.339 e. The molecule has 2 rings (SSSR count). The molecule has 1 aliphatic heterocycles. The number of aryl methyl sites for hydroxylation is 2. The number of methoxy groups -OCH3 is 1. The fourth-order valence-corrected chi connectivity index (χ4v) is 2.44. The first kappa shape index (κ1) is 14.7. The molecule has 6 nitrogen and oxygen atoms in total. The number of pyridine rings is 1. The van der Waals surface area contributed by atoms with Crippen molar-refractivity contribution >= 4 is 11.8 Å². The van der Waals surface area contributed by atoms with E-state index in [2.05, 4.69) is 10.3 Å². The summed E-state index contributed by atoms with van der Waals surface area (Å²) >= 11 is 0. The van der Waals surface area contributed by atoms with Gasteiger partial charge in [0.2, 0.25) is 0 Å². The molecule has 2 N–H and O–H groups in total. The van der Waals surface area contributed by atoms with Gasteiger partial charge in [0.25, 0.3) is 0 Å². The highest BCUT2D eigenvalue weighted by Crippen LogP contribution is 2.25. The van der Waals surface area contributed by atoms with Crippen LogP contribution in [-0.2, 0) is 9.47 Å². The average molecular weight is 280 g/mol. The monoisotopic (exact) mass is 280 g/mol. The summed E-state index contributed by atoms with van der Waals surface area (Å²) in [4.78, 5) is 15.7. The molecule has 20 heavy (non-hydrogen) atoms. The number of carboxylic acids is 1. The SMILES string of the molecule is COC1(CNc2nc(C)cc(C)c2C(=O)O)CCOC1. The molecule has 0 bridgehead atoms. The number of carboxylic acid groups (broad SMARTS) is 1. The number of hydrogen-bond acceptors (Lipinski definition) is 5. The summed E-state index contributed by atoms with van der Waals surface area (Å²) in [7, 11) is 1.64. The maximum atomic E-state index is 11.4. The van der Waals surface area contributed by atoms with Gasteiger partial charge in [-0.1, -0.05) is 0 Å². The highest BCUT2D eigenvalue weighted by molar-refractivity contribution is 5.94. The van der Waals surface area contributed by atoms with E-state index in [9.17, 15) is 9.90 Å². The highest BCUT2D eigenvalue weighted by Gasteiger charge is 2.35. The Kier molecular flexibility index (Phi) is 4.25. The molecular weight excluding hydrogens is 260 g/mol. The molecule has 0 spiro atoms. The molecule has 0 amide bonds. The zero-order valence-corrected chi connectivity index (χ0v) is 12.0. The minimum atomic E-state index is -0.980. The maximum Gasteiger partial charge on any atom is 0.339 e. The first-order chi connectivity index (χ1) is 9.47. The van der Waals surface area contributed by atoms with Crippen molar-refractivity contribution in [1.82, 2.24) is 4.98 Å². The van der Waals surface area contributed by atoms with Crippen LogP contribution in [0.25, 0.3) is 0 Å². The third kappa shape index (κ3) is 2.91. The number of nitrogens with zero attached hydrogens (tertiary/aromatic N) is 1. The molecule has 1 fully saturated rings. The standard InChI is InChI=1S/C14H20N2O4/c1-9-6-10(2)16-12(11(9)13(17)18)15-7-14(19-3)4-5-20-8-14/h6H,4-5,7-8H2,1-3H3,(H,15,16)(H,17,18). The number of rotatable bonds is 5. The van der Waals surface area contributed by atoms with E-state index in [-0.39, 0.29) is 5.56 Å². The van der Waals surface area contributed by atoms with E-state index < -0.39 is 11.6 Å². The minimum Gasteiger partial charge on any atom is -0.478 e. The van der Waals surface area contributed by atoms with E-state index in [0.29, 0.717) is 31.1 Å². The van der Waals surface area contributed by atoms with Crippen molar-refractivity contribution in [3.8, 4) is 0 Å². The van der Waals surface area contributed by atoms with Crippen molar-refractivity contribution in [3.05, 3.63) is 22.9 Å². The van der Waals surface area contributed by atoms with Gasteiger partial charge in [0.05, 0.1) is 6.61 Å². The Morgan fingerprint density at radius 3 is 2.90 bits per heavy atom. The number of hydrogen-bond donors (Lipinski definition) is 2. The van der Waals surface area contributed by atoms with E-state index in [1.54, 1.807) is 20.1 Å². The predicted molar refractivity (Wildman–Crippen MR) is 74.3 cm³/mol. The first-order valence-corrected chi connectivity index (χ1v) is 6.56. The van der Waals surface area contributed by atoms with Crippen LogP contribution < -0.4 is 5.32 Å². The number of ether oxygens (including phenoxy) is 2. The Hall–Kier alpha value is -1.66. The number of aromatic carboxylic acids is 1. The number of anilines is 1. The van der Waals surface area contributed by atoms with Crippen molar-refractivity contribution in [1.29, 1.82) is 0 Å². The van der Waals surface area contributed by atoms with Crippen LogP contribution >= 0.6 is 0 Å². The molecule has 0 saturated carbocycles. The third-order valence-corrected chi connectivity index (χ3v) is 3.64. The third-order valence-electron chi connectivity index (χ3n) is 3.64. The summed E-state index contributed by atoms with van der Waals surface area (Å²) in [5.41, 5.74) is 1.28. The van der Waals surface area contributed by atoms with Gasteiger partial charge < -0.3 is 19.9 Å². The number of aromatic nitrogens is 1. The van der Waals surface area contributed by atoms with Gasteiger partial charge >= 0.3 is 5.97 Å². The summed E-state index contributed by atoms with van der Waals surface area (Å²) in [6.45, 7) is 5.24. The summed E-state index contributed by atoms with van der Waals surface area (Å²) in [6, 6.07) is 1.76. The van der Waals surface area contributed by atoms with E-state index in [4.69, 9.17) is 9.47 Å². The lowest BCUT2D eigenvalue weighted by Gasteiger charge is -2.26. The van der Waals surface area contributed by atoms with Crippen LogP contribution in [0.5, 0.6) is 0 Å². The van der Waals surface area contributed by atoms with Gasteiger partial charge in [-0.05, 0) is 25.5 Å². The van der Waals surface area contributed by atoms with Crippen LogP contribution in [0.2, 0.25) is 0 Å². The second-order valence-electron chi connectivity index (χ2n) is 5.15. The van der Waals surface area contributed by atoms with Crippen LogP contribution in [0.4, 0.5) is 5.82 Å². The average Bonchev–Trinajstić information content (AvgIpc) is 2.84. The molecule has 1 unspecified atom stereocenters. The second kappa shape index (κ2) is 5.76. The van der Waals surface area contributed by atoms with Crippen molar-refractivity contribution in [2.24, 2.45) is 0 Å². The quantitative estimate of drug-likeness (QED) is 0.853. The van der Waals surface area contributed by atoms with Crippen molar-refractivity contribution in [3.63, 3.8) is 0 Å². The summed E-state index contributed by atoms with van der Waals surface area (Å²) in [6.07, 6.45) is 0.781. The lowest BCUT2D eigenvalue weighted by Crippen LogP contribution is -2.40. The fraction of sp³-hybridized carbons (Fsp3) is 0.571. The van der Waals surface area contributed by atoms with Gasteiger partial charge in [0, 0.05) is 32.4 Å². The van der Waals surface area contributed by atoms with Crippen molar-refractivity contribution in [2.75, 3.05) is 32.2 Å². The van der Waals surface area contributed by atoms with Crippen LogP contribution in [-0.4, -0.2) is 48.5 Å². The lowest BCUT2D eigenvalue weighted by molar-refractivity contribution is -0.00628. The summed E-state index contributed by atoms with van der Waals surface area (Å²) in [5, 5.41) is 12.4. The molecule has 0 aliphatic carbocycles. The molecule has 0 aromatic carbocycles. The molecule has 1 atom stereocenters. The zero-order valence-electron chi connectivity index (χ0n) is 12.0. The number of carbonyl (C=O) groups is 1. The predicted octanol–water partition coefficient (Wildman–Crippen LogP) is 1.61. The normalized spacial score (nSPS) is 21.9. The molecular formula is C14H20N2O4. The molecule has 1 aromatic heterocycles. The Morgan fingerprint density at radius 1 is 1.60 bits per heavy atom. The molecule has 1 aromatic rings. The molecule has 0 radical (unpaired) electrons. The summed E-state index contributed by atoms with van der Waals surface area (Å²) in [5.74, 6) is -0.593. The Bertz CT molecular complexity index is 510. The largest absolute Gasteiger partial charge is 0.478 e. The van der Waals surface area contributed by atoms with Gasteiger partial charge in [-0.15, -0.1) is 0 Å². The van der Waals surface area contributed by atoms with Crippen LogP contribution in [0.1, 0.15) is 28.0 Å². The van der Waals surface area contributed by atoms with Crippen LogP contribution in [0.3, 0.4) is 0 Å². The Labute approximate surface area is 118 Å². The summed E-state index contributed by atoms with van der Waals surface area (Å²) < 4.78 is 10.9. The van der Waals surface area contributed by atoms with Crippen LogP contribution in [0.15, 0.2) is 6.07 Å². The first-order valence-electron chi connectivity index (χ1n) is 6.56. The molecule has 1 aliphatic rings. The second-order valence-corrected chi connectivity index (χ2v) is 5.15. The molecule has 1 saturated heterocycles. The molecule has 6 heteroatoms. The van der Waals surface area contributed by atoms with Gasteiger partial charge in [-0.3, -0.25) is 0 Å².